The summed E-state index contributed by atoms with van der Waals surface area (Å²) in [5.41, 5.74) is 7.27. The molecule has 0 bridgehead atoms. The zero-order chi connectivity index (χ0) is 20.4. The van der Waals surface area contributed by atoms with E-state index in [9.17, 15) is 0 Å². The van der Waals surface area contributed by atoms with E-state index in [2.05, 4.69) is 41.3 Å². The molecule has 0 atom stereocenters. The Labute approximate surface area is 181 Å². The van der Waals surface area contributed by atoms with Crippen molar-refractivity contribution in [3.63, 3.8) is 0 Å². The van der Waals surface area contributed by atoms with Crippen LogP contribution >= 0.6 is 23.2 Å². The molecule has 144 valence electrons. The molecule has 0 radical (unpaired) electrons. The fourth-order valence-electron chi connectivity index (χ4n) is 3.19. The van der Waals surface area contributed by atoms with Gasteiger partial charge in [0.15, 0.2) is 0 Å². The van der Waals surface area contributed by atoms with Gasteiger partial charge in [0.2, 0.25) is 0 Å². The van der Waals surface area contributed by atoms with Crippen LogP contribution in [0.25, 0.3) is 33.6 Å². The topological polar surface area (TPSA) is 16.1 Å². The molecule has 0 saturated carbocycles. The Balaban J connectivity index is 1.85. The minimum absolute atomic E-state index is 0.710. The van der Waals surface area contributed by atoms with Gasteiger partial charge in [0, 0.05) is 41.0 Å². The normalized spacial score (nSPS) is 10.8. The Morgan fingerprint density at radius 1 is 0.552 bits per heavy atom. The highest BCUT2D eigenvalue weighted by atomic mass is 35.5. The molecule has 0 aliphatic rings. The van der Waals surface area contributed by atoms with Crippen molar-refractivity contribution in [3.8, 4) is 33.6 Å². The van der Waals surface area contributed by atoms with E-state index >= 15 is 0 Å². The maximum absolute atomic E-state index is 6.07. The third-order valence-electron chi connectivity index (χ3n) is 4.82. The van der Waals surface area contributed by atoms with Gasteiger partial charge in [0.1, 0.15) is 0 Å². The minimum Gasteiger partial charge on any atom is -0.378 e. The van der Waals surface area contributed by atoms with Crippen LogP contribution in [-0.2, 0) is 0 Å². The first kappa shape index (κ1) is 19.5. The van der Waals surface area contributed by atoms with Crippen molar-refractivity contribution in [1.82, 2.24) is 4.98 Å². The van der Waals surface area contributed by atoms with Crippen molar-refractivity contribution in [2.75, 3.05) is 19.0 Å². The van der Waals surface area contributed by atoms with Crippen LogP contribution < -0.4 is 4.90 Å². The minimum atomic E-state index is 0.710. The van der Waals surface area contributed by atoms with Crippen molar-refractivity contribution < 1.29 is 0 Å². The lowest BCUT2D eigenvalue weighted by Gasteiger charge is -2.14. The first-order valence-electron chi connectivity index (χ1n) is 9.31. The van der Waals surface area contributed by atoms with E-state index in [4.69, 9.17) is 28.2 Å². The van der Waals surface area contributed by atoms with Gasteiger partial charge in [0.05, 0.1) is 11.4 Å². The van der Waals surface area contributed by atoms with Gasteiger partial charge in [-0.05, 0) is 59.7 Å². The monoisotopic (exact) mass is 418 g/mol. The summed E-state index contributed by atoms with van der Waals surface area (Å²) in [7, 11) is 4.08. The van der Waals surface area contributed by atoms with Crippen molar-refractivity contribution >= 4 is 28.9 Å². The van der Waals surface area contributed by atoms with Gasteiger partial charge in [-0.3, -0.25) is 0 Å². The molecule has 4 heteroatoms. The predicted octanol–water partition coefficient (Wildman–Crippen LogP) is 7.46. The summed E-state index contributed by atoms with van der Waals surface area (Å²) in [6.45, 7) is 0. The van der Waals surface area contributed by atoms with Gasteiger partial charge < -0.3 is 4.90 Å². The van der Waals surface area contributed by atoms with Crippen LogP contribution in [0.4, 0.5) is 5.69 Å². The van der Waals surface area contributed by atoms with Crippen LogP contribution in [0.2, 0.25) is 10.0 Å². The number of nitrogens with zero attached hydrogens (tertiary/aromatic N) is 2. The van der Waals surface area contributed by atoms with Crippen molar-refractivity contribution in [3.05, 3.63) is 95.0 Å². The number of benzene rings is 3. The SMILES string of the molecule is CN(C)c1ccc(-c2cc(-c3ccc(Cl)cc3)nc(-c3ccc(Cl)cc3)c2)cc1. The van der Waals surface area contributed by atoms with Gasteiger partial charge in [0.25, 0.3) is 0 Å². The van der Waals surface area contributed by atoms with E-state index < -0.39 is 0 Å². The molecule has 0 saturated heterocycles. The largest absolute Gasteiger partial charge is 0.378 e. The van der Waals surface area contributed by atoms with Crippen molar-refractivity contribution in [2.45, 2.75) is 0 Å². The Morgan fingerprint density at radius 3 is 1.38 bits per heavy atom. The summed E-state index contributed by atoms with van der Waals surface area (Å²) in [5, 5.41) is 1.42. The van der Waals surface area contributed by atoms with Gasteiger partial charge >= 0.3 is 0 Å². The highest BCUT2D eigenvalue weighted by Crippen LogP contribution is 2.32. The molecule has 0 aliphatic carbocycles. The lowest BCUT2D eigenvalue weighted by atomic mass is 10.00. The second-order valence-electron chi connectivity index (χ2n) is 7.08. The standard InChI is InChI=1S/C25H20Cl2N2/c1-29(2)23-13-7-17(8-14-23)20-15-24(18-3-9-21(26)10-4-18)28-25(16-20)19-5-11-22(27)12-6-19/h3-16H,1-2H3. The van der Waals surface area contributed by atoms with Crippen LogP contribution in [0, 0.1) is 0 Å². The molecule has 2 nitrogen and oxygen atoms in total. The van der Waals surface area contributed by atoms with E-state index in [0.29, 0.717) is 10.0 Å². The third-order valence-corrected chi connectivity index (χ3v) is 5.33. The number of hydrogen-bond acceptors (Lipinski definition) is 2. The molecule has 1 heterocycles. The molecule has 0 N–H and O–H groups in total. The highest BCUT2D eigenvalue weighted by Gasteiger charge is 2.09. The molecule has 4 aromatic rings. The summed E-state index contributed by atoms with van der Waals surface area (Å²) in [6.07, 6.45) is 0. The third kappa shape index (κ3) is 4.45. The maximum Gasteiger partial charge on any atom is 0.0715 e. The Bertz CT molecular complexity index is 1050. The van der Waals surface area contributed by atoms with E-state index in [1.165, 1.54) is 5.69 Å². The summed E-state index contributed by atoms with van der Waals surface area (Å²) in [5.74, 6) is 0. The van der Waals surface area contributed by atoms with Crippen molar-refractivity contribution in [1.29, 1.82) is 0 Å². The molecule has 0 unspecified atom stereocenters. The summed E-state index contributed by atoms with van der Waals surface area (Å²) in [4.78, 5) is 7.00. The number of rotatable bonds is 4. The van der Waals surface area contributed by atoms with Crippen LogP contribution in [0.3, 0.4) is 0 Å². The Kier molecular flexibility index (Phi) is 5.57. The second kappa shape index (κ2) is 8.28. The van der Waals surface area contributed by atoms with E-state index in [-0.39, 0.29) is 0 Å². The Hall–Kier alpha value is -2.81. The maximum atomic E-state index is 6.07. The van der Waals surface area contributed by atoms with E-state index in [0.717, 1.165) is 33.6 Å². The molecule has 0 spiro atoms. The molecule has 29 heavy (non-hydrogen) atoms. The van der Waals surface area contributed by atoms with Crippen LogP contribution in [0.1, 0.15) is 0 Å². The zero-order valence-electron chi connectivity index (χ0n) is 16.2. The number of aromatic nitrogens is 1. The van der Waals surface area contributed by atoms with Crippen LogP contribution in [0.15, 0.2) is 84.9 Å². The fraction of sp³-hybridized carbons (Fsp3) is 0.0800. The average Bonchev–Trinajstić information content (AvgIpc) is 2.74. The fourth-order valence-corrected chi connectivity index (χ4v) is 3.44. The second-order valence-corrected chi connectivity index (χ2v) is 7.95. The Morgan fingerprint density at radius 2 is 0.966 bits per heavy atom. The first-order chi connectivity index (χ1) is 14.0. The van der Waals surface area contributed by atoms with Gasteiger partial charge in [-0.15, -0.1) is 0 Å². The molecule has 0 fully saturated rings. The molecular weight excluding hydrogens is 399 g/mol. The molecule has 0 amide bonds. The summed E-state index contributed by atoms with van der Waals surface area (Å²) < 4.78 is 0. The number of anilines is 1. The first-order valence-corrected chi connectivity index (χ1v) is 10.1. The quantitative estimate of drug-likeness (QED) is 0.341. The van der Waals surface area contributed by atoms with Crippen LogP contribution in [-0.4, -0.2) is 19.1 Å². The summed E-state index contributed by atoms with van der Waals surface area (Å²) >= 11 is 12.1. The van der Waals surface area contributed by atoms with Gasteiger partial charge in [-0.25, -0.2) is 4.98 Å². The van der Waals surface area contributed by atoms with E-state index in [1.807, 2.05) is 62.6 Å². The predicted molar refractivity (Wildman–Crippen MR) is 125 cm³/mol. The molecule has 4 rings (SSSR count). The lowest BCUT2D eigenvalue weighted by molar-refractivity contribution is 1.13. The number of halogens is 2. The van der Waals surface area contributed by atoms with Gasteiger partial charge in [-0.1, -0.05) is 59.6 Å². The lowest BCUT2D eigenvalue weighted by Crippen LogP contribution is -2.07. The van der Waals surface area contributed by atoms with Crippen LogP contribution in [0.5, 0.6) is 0 Å². The van der Waals surface area contributed by atoms with E-state index in [1.54, 1.807) is 0 Å². The number of pyridine rings is 1. The summed E-state index contributed by atoms with van der Waals surface area (Å²) in [6, 6.07) is 28.3. The molecule has 3 aromatic carbocycles. The highest BCUT2D eigenvalue weighted by molar-refractivity contribution is 6.30. The molecular formula is C25H20Cl2N2. The number of hydrogen-bond donors (Lipinski definition) is 0. The van der Waals surface area contributed by atoms with Gasteiger partial charge in [-0.2, -0.15) is 0 Å². The smallest absolute Gasteiger partial charge is 0.0715 e. The van der Waals surface area contributed by atoms with Crippen molar-refractivity contribution in [2.24, 2.45) is 0 Å². The molecule has 0 aliphatic heterocycles. The zero-order valence-corrected chi connectivity index (χ0v) is 17.7. The average molecular weight is 419 g/mol. The molecule has 1 aromatic heterocycles.